The number of rotatable bonds is 2. The SMILES string of the molecule is N#Cc1cc(N2CCC3CNCC3C2)ccc1[N+](=O)[O-]. The highest BCUT2D eigenvalue weighted by Gasteiger charge is 2.33. The lowest BCUT2D eigenvalue weighted by molar-refractivity contribution is -0.385. The molecular formula is C14H16N4O2. The Labute approximate surface area is 117 Å². The molecule has 2 aliphatic rings. The van der Waals surface area contributed by atoms with Gasteiger partial charge in [0.25, 0.3) is 5.69 Å². The minimum atomic E-state index is -0.505. The Morgan fingerprint density at radius 1 is 1.40 bits per heavy atom. The number of nitrogens with one attached hydrogen (secondary N) is 1. The highest BCUT2D eigenvalue weighted by molar-refractivity contribution is 5.60. The number of benzene rings is 1. The number of nitriles is 1. The van der Waals surface area contributed by atoms with Crippen molar-refractivity contribution >= 4 is 11.4 Å². The van der Waals surface area contributed by atoms with Crippen LogP contribution < -0.4 is 10.2 Å². The predicted molar refractivity (Wildman–Crippen MR) is 74.5 cm³/mol. The Morgan fingerprint density at radius 3 is 2.95 bits per heavy atom. The Hall–Kier alpha value is -2.13. The smallest absolute Gasteiger partial charge is 0.287 e. The summed E-state index contributed by atoms with van der Waals surface area (Å²) in [5.41, 5.74) is 0.935. The average Bonchev–Trinajstić information content (AvgIpc) is 2.93. The van der Waals surface area contributed by atoms with E-state index >= 15 is 0 Å². The van der Waals surface area contributed by atoms with Gasteiger partial charge >= 0.3 is 0 Å². The summed E-state index contributed by atoms with van der Waals surface area (Å²) in [7, 11) is 0. The summed E-state index contributed by atoms with van der Waals surface area (Å²) in [4.78, 5) is 12.6. The molecule has 3 rings (SSSR count). The normalized spacial score (nSPS) is 25.1. The zero-order valence-corrected chi connectivity index (χ0v) is 11.1. The topological polar surface area (TPSA) is 82.2 Å². The van der Waals surface area contributed by atoms with E-state index < -0.39 is 4.92 Å². The molecule has 0 radical (unpaired) electrons. The lowest BCUT2D eigenvalue weighted by Gasteiger charge is -2.36. The van der Waals surface area contributed by atoms with Gasteiger partial charge in [0, 0.05) is 24.8 Å². The van der Waals surface area contributed by atoms with Gasteiger partial charge in [0.15, 0.2) is 0 Å². The highest BCUT2D eigenvalue weighted by atomic mass is 16.6. The van der Waals surface area contributed by atoms with E-state index in [2.05, 4.69) is 10.2 Å². The van der Waals surface area contributed by atoms with Gasteiger partial charge in [0.2, 0.25) is 0 Å². The zero-order valence-electron chi connectivity index (χ0n) is 11.1. The molecule has 0 spiro atoms. The van der Waals surface area contributed by atoms with Crippen molar-refractivity contribution in [3.63, 3.8) is 0 Å². The number of nitro groups is 1. The molecule has 6 nitrogen and oxygen atoms in total. The minimum Gasteiger partial charge on any atom is -0.371 e. The van der Waals surface area contributed by atoms with Gasteiger partial charge in [-0.25, -0.2) is 0 Å². The number of nitro benzene ring substituents is 1. The number of hydrogen-bond donors (Lipinski definition) is 1. The Kier molecular flexibility index (Phi) is 3.28. The Bertz CT molecular complexity index is 581. The molecule has 2 unspecified atom stereocenters. The van der Waals surface area contributed by atoms with Crippen LogP contribution in [0.3, 0.4) is 0 Å². The fourth-order valence-electron chi connectivity index (χ4n) is 3.24. The summed E-state index contributed by atoms with van der Waals surface area (Å²) in [5, 5.41) is 23.3. The quantitative estimate of drug-likeness (QED) is 0.652. The molecule has 0 aromatic heterocycles. The van der Waals surface area contributed by atoms with Gasteiger partial charge in [0.05, 0.1) is 4.92 Å². The molecule has 0 amide bonds. The number of piperidine rings is 1. The number of fused-ring (bicyclic) bond motifs is 1. The van der Waals surface area contributed by atoms with Crippen LogP contribution in [0.5, 0.6) is 0 Å². The molecule has 1 N–H and O–H groups in total. The van der Waals surface area contributed by atoms with Crippen LogP contribution in [-0.4, -0.2) is 31.1 Å². The van der Waals surface area contributed by atoms with Crippen LogP contribution in [0.25, 0.3) is 0 Å². The summed E-state index contributed by atoms with van der Waals surface area (Å²) in [6.45, 7) is 4.05. The van der Waals surface area contributed by atoms with Gasteiger partial charge in [-0.15, -0.1) is 0 Å². The highest BCUT2D eigenvalue weighted by Crippen LogP contribution is 2.31. The van der Waals surface area contributed by atoms with Crippen molar-refractivity contribution < 1.29 is 4.92 Å². The van der Waals surface area contributed by atoms with Crippen LogP contribution in [0.2, 0.25) is 0 Å². The van der Waals surface area contributed by atoms with Gasteiger partial charge in [-0.1, -0.05) is 0 Å². The molecule has 0 aliphatic carbocycles. The van der Waals surface area contributed by atoms with Gasteiger partial charge < -0.3 is 10.2 Å². The first-order valence-corrected chi connectivity index (χ1v) is 6.83. The second kappa shape index (κ2) is 5.10. The van der Waals surface area contributed by atoms with Crippen LogP contribution in [0.15, 0.2) is 18.2 Å². The molecular weight excluding hydrogens is 256 g/mol. The molecule has 2 atom stereocenters. The van der Waals surface area contributed by atoms with Crippen molar-refractivity contribution in [3.05, 3.63) is 33.9 Å². The second-order valence-electron chi connectivity index (χ2n) is 5.48. The summed E-state index contributed by atoms with van der Waals surface area (Å²) in [6.07, 6.45) is 1.14. The van der Waals surface area contributed by atoms with E-state index in [0.29, 0.717) is 5.92 Å². The molecule has 2 saturated heterocycles. The van der Waals surface area contributed by atoms with Crippen molar-refractivity contribution in [2.24, 2.45) is 11.8 Å². The van der Waals surface area contributed by atoms with E-state index in [4.69, 9.17) is 5.26 Å². The lowest BCUT2D eigenvalue weighted by atomic mass is 9.88. The first-order valence-electron chi connectivity index (χ1n) is 6.83. The van der Waals surface area contributed by atoms with E-state index in [9.17, 15) is 10.1 Å². The lowest BCUT2D eigenvalue weighted by Crippen LogP contribution is -2.40. The van der Waals surface area contributed by atoms with E-state index in [1.165, 1.54) is 6.07 Å². The maximum atomic E-state index is 10.9. The molecule has 2 heterocycles. The largest absolute Gasteiger partial charge is 0.371 e. The van der Waals surface area contributed by atoms with Crippen molar-refractivity contribution in [1.29, 1.82) is 5.26 Å². The summed E-state index contributed by atoms with van der Waals surface area (Å²) < 4.78 is 0. The zero-order chi connectivity index (χ0) is 14.1. The summed E-state index contributed by atoms with van der Waals surface area (Å²) in [6, 6.07) is 6.75. The third-order valence-electron chi connectivity index (χ3n) is 4.37. The van der Waals surface area contributed by atoms with E-state index in [0.717, 1.165) is 44.2 Å². The monoisotopic (exact) mass is 272 g/mol. The third-order valence-corrected chi connectivity index (χ3v) is 4.37. The van der Waals surface area contributed by atoms with Gasteiger partial charge in [-0.3, -0.25) is 10.1 Å². The van der Waals surface area contributed by atoms with E-state index in [-0.39, 0.29) is 11.3 Å². The first kappa shape index (κ1) is 12.9. The molecule has 0 saturated carbocycles. The summed E-state index contributed by atoms with van der Waals surface area (Å²) >= 11 is 0. The van der Waals surface area contributed by atoms with E-state index in [1.54, 1.807) is 12.1 Å². The van der Waals surface area contributed by atoms with Crippen LogP contribution in [0.1, 0.15) is 12.0 Å². The number of anilines is 1. The minimum absolute atomic E-state index is 0.117. The molecule has 2 aliphatic heterocycles. The molecule has 104 valence electrons. The molecule has 20 heavy (non-hydrogen) atoms. The standard InChI is InChI=1S/C14H16N4O2/c15-6-11-5-13(1-2-14(11)18(19)20)17-4-3-10-7-16-8-12(10)9-17/h1-2,5,10,12,16H,3-4,7-9H2. The third kappa shape index (κ3) is 2.21. The summed E-state index contributed by atoms with van der Waals surface area (Å²) in [5.74, 6) is 1.39. The predicted octanol–water partition coefficient (Wildman–Crippen LogP) is 1.51. The van der Waals surface area contributed by atoms with Crippen molar-refractivity contribution in [2.75, 3.05) is 31.1 Å². The second-order valence-corrected chi connectivity index (χ2v) is 5.48. The number of nitrogens with zero attached hydrogens (tertiary/aromatic N) is 3. The maximum absolute atomic E-state index is 10.9. The van der Waals surface area contributed by atoms with Crippen LogP contribution in [-0.2, 0) is 0 Å². The fourth-order valence-corrected chi connectivity index (χ4v) is 3.24. The van der Waals surface area contributed by atoms with Crippen LogP contribution in [0.4, 0.5) is 11.4 Å². The average molecular weight is 272 g/mol. The van der Waals surface area contributed by atoms with Crippen molar-refractivity contribution in [3.8, 4) is 6.07 Å². The van der Waals surface area contributed by atoms with E-state index in [1.807, 2.05) is 6.07 Å². The Balaban J connectivity index is 1.84. The van der Waals surface area contributed by atoms with Gasteiger partial charge in [0.1, 0.15) is 11.6 Å². The number of hydrogen-bond acceptors (Lipinski definition) is 5. The molecule has 1 aromatic carbocycles. The van der Waals surface area contributed by atoms with Crippen molar-refractivity contribution in [1.82, 2.24) is 5.32 Å². The fraction of sp³-hybridized carbons (Fsp3) is 0.500. The van der Waals surface area contributed by atoms with Crippen molar-refractivity contribution in [2.45, 2.75) is 6.42 Å². The molecule has 0 bridgehead atoms. The van der Waals surface area contributed by atoms with Gasteiger partial charge in [-0.05, 0) is 43.5 Å². The van der Waals surface area contributed by atoms with Gasteiger partial charge in [-0.2, -0.15) is 5.26 Å². The molecule has 2 fully saturated rings. The Morgan fingerprint density at radius 2 is 2.20 bits per heavy atom. The maximum Gasteiger partial charge on any atom is 0.287 e. The first-order chi connectivity index (χ1) is 9.69. The molecule has 1 aromatic rings. The van der Waals surface area contributed by atoms with Crippen LogP contribution in [0, 0.1) is 33.3 Å². The molecule has 6 heteroatoms. The van der Waals surface area contributed by atoms with Crippen LogP contribution >= 0.6 is 0 Å².